The van der Waals surface area contributed by atoms with Crippen molar-refractivity contribution in [1.82, 2.24) is 14.8 Å². The van der Waals surface area contributed by atoms with Gasteiger partial charge in [-0.1, -0.05) is 29.8 Å². The van der Waals surface area contributed by atoms with Crippen molar-refractivity contribution in [2.24, 2.45) is 0 Å². The highest BCUT2D eigenvalue weighted by atomic mass is 35.5. The van der Waals surface area contributed by atoms with Crippen molar-refractivity contribution in [3.63, 3.8) is 0 Å². The Hall–Kier alpha value is -3.46. The number of fused-ring (bicyclic) bond motifs is 3. The number of hydrogen-bond donors (Lipinski definition) is 1. The van der Waals surface area contributed by atoms with Crippen LogP contribution in [0.5, 0.6) is 0 Å². The van der Waals surface area contributed by atoms with E-state index >= 15 is 0 Å². The molecule has 0 unspecified atom stereocenters. The average Bonchev–Trinajstić information content (AvgIpc) is 3.36. The van der Waals surface area contributed by atoms with E-state index in [1.165, 1.54) is 0 Å². The molecule has 2 aromatic carbocycles. The summed E-state index contributed by atoms with van der Waals surface area (Å²) in [5.41, 5.74) is 4.47. The van der Waals surface area contributed by atoms with Gasteiger partial charge in [0.15, 0.2) is 5.58 Å². The van der Waals surface area contributed by atoms with E-state index in [0.717, 1.165) is 27.5 Å². The summed E-state index contributed by atoms with van der Waals surface area (Å²) in [6.45, 7) is 3.52. The number of carbonyl (C=O) groups is 2. The summed E-state index contributed by atoms with van der Waals surface area (Å²) in [6.07, 6.45) is 2.24. The Kier molecular flexibility index (Phi) is 6.08. The molecular formula is C27H25ClN4O4. The molecule has 0 bridgehead atoms. The SMILES string of the molecule is O=C(CN1CCc2nc3ccccc3c(C(=O)N3CCOCC3)c2C1)Nc1cc(Cl)cc2ccoc12. The molecule has 0 atom stereocenters. The fourth-order valence-electron chi connectivity index (χ4n) is 5.08. The van der Waals surface area contributed by atoms with Gasteiger partial charge in [-0.3, -0.25) is 19.5 Å². The van der Waals surface area contributed by atoms with Crippen molar-refractivity contribution in [1.29, 1.82) is 0 Å². The zero-order valence-corrected chi connectivity index (χ0v) is 20.4. The number of benzene rings is 2. The second kappa shape index (κ2) is 9.54. The van der Waals surface area contributed by atoms with Crippen molar-refractivity contribution in [2.75, 3.05) is 44.7 Å². The van der Waals surface area contributed by atoms with Crippen LogP contribution < -0.4 is 5.32 Å². The number of para-hydroxylation sites is 1. The van der Waals surface area contributed by atoms with Crippen molar-refractivity contribution in [3.05, 3.63) is 70.6 Å². The predicted octanol–water partition coefficient (Wildman–Crippen LogP) is 4.10. The fourth-order valence-corrected chi connectivity index (χ4v) is 5.31. The van der Waals surface area contributed by atoms with Crippen LogP contribution in [0.15, 0.2) is 53.1 Å². The number of nitrogens with one attached hydrogen (secondary N) is 1. The van der Waals surface area contributed by atoms with Crippen LogP contribution >= 0.6 is 11.6 Å². The molecule has 184 valence electrons. The minimum absolute atomic E-state index is 0.00131. The highest BCUT2D eigenvalue weighted by Gasteiger charge is 2.29. The van der Waals surface area contributed by atoms with Crippen molar-refractivity contribution >= 4 is 51.0 Å². The number of pyridine rings is 1. The van der Waals surface area contributed by atoms with Crippen molar-refractivity contribution in [2.45, 2.75) is 13.0 Å². The second-order valence-corrected chi connectivity index (χ2v) is 9.57. The van der Waals surface area contributed by atoms with E-state index in [2.05, 4.69) is 5.32 Å². The van der Waals surface area contributed by atoms with Crippen LogP contribution in [0.2, 0.25) is 5.02 Å². The maximum absolute atomic E-state index is 13.7. The van der Waals surface area contributed by atoms with E-state index in [9.17, 15) is 9.59 Å². The molecule has 0 radical (unpaired) electrons. The zero-order chi connectivity index (χ0) is 24.6. The van der Waals surface area contributed by atoms with Gasteiger partial charge in [-0.15, -0.1) is 0 Å². The van der Waals surface area contributed by atoms with Crippen LogP contribution in [-0.4, -0.2) is 66.0 Å². The van der Waals surface area contributed by atoms with Crippen LogP contribution in [0.1, 0.15) is 21.6 Å². The van der Waals surface area contributed by atoms with Gasteiger partial charge in [0, 0.05) is 59.7 Å². The molecule has 0 saturated carbocycles. The number of amides is 2. The van der Waals surface area contributed by atoms with Crippen molar-refractivity contribution in [3.8, 4) is 0 Å². The number of carbonyl (C=O) groups excluding carboxylic acids is 2. The van der Waals surface area contributed by atoms with Crippen LogP contribution in [0.4, 0.5) is 5.69 Å². The molecule has 2 aliphatic heterocycles. The number of ether oxygens (including phenoxy) is 1. The van der Waals surface area contributed by atoms with Gasteiger partial charge >= 0.3 is 0 Å². The van der Waals surface area contributed by atoms with Gasteiger partial charge in [0.05, 0.1) is 42.8 Å². The predicted molar refractivity (Wildman–Crippen MR) is 137 cm³/mol. The number of hydrogen-bond acceptors (Lipinski definition) is 6. The maximum Gasteiger partial charge on any atom is 0.255 e. The Balaban J connectivity index is 1.27. The number of halogens is 1. The van der Waals surface area contributed by atoms with E-state index in [-0.39, 0.29) is 18.4 Å². The first-order chi connectivity index (χ1) is 17.6. The molecule has 4 heterocycles. The highest BCUT2D eigenvalue weighted by molar-refractivity contribution is 6.32. The van der Waals surface area contributed by atoms with Crippen molar-refractivity contribution < 1.29 is 18.7 Å². The van der Waals surface area contributed by atoms with Gasteiger partial charge in [0.25, 0.3) is 5.91 Å². The van der Waals surface area contributed by atoms with E-state index in [4.69, 9.17) is 25.7 Å². The molecule has 0 spiro atoms. The number of rotatable bonds is 4. The summed E-state index contributed by atoms with van der Waals surface area (Å²) in [5.74, 6) is -0.174. The van der Waals surface area contributed by atoms with E-state index in [1.54, 1.807) is 18.4 Å². The van der Waals surface area contributed by atoms with E-state index < -0.39 is 0 Å². The smallest absolute Gasteiger partial charge is 0.255 e. The van der Waals surface area contributed by atoms with Gasteiger partial charge < -0.3 is 19.4 Å². The summed E-state index contributed by atoms with van der Waals surface area (Å²) in [7, 11) is 0. The number of aromatic nitrogens is 1. The molecule has 2 aliphatic rings. The van der Waals surface area contributed by atoms with Gasteiger partial charge in [-0.2, -0.15) is 0 Å². The molecule has 2 aromatic heterocycles. The quantitative estimate of drug-likeness (QED) is 0.450. The van der Waals surface area contributed by atoms with Gasteiger partial charge in [-0.25, -0.2) is 0 Å². The lowest BCUT2D eigenvalue weighted by atomic mass is 9.94. The first-order valence-corrected chi connectivity index (χ1v) is 12.4. The minimum atomic E-state index is -0.173. The maximum atomic E-state index is 13.7. The normalized spacial score (nSPS) is 16.3. The summed E-state index contributed by atoms with van der Waals surface area (Å²) in [4.78, 5) is 35.5. The van der Waals surface area contributed by atoms with Crippen LogP contribution in [-0.2, 0) is 22.5 Å². The lowest BCUT2D eigenvalue weighted by Gasteiger charge is -2.32. The molecule has 1 fully saturated rings. The third-order valence-electron chi connectivity index (χ3n) is 6.79. The lowest BCUT2D eigenvalue weighted by molar-refractivity contribution is -0.117. The summed E-state index contributed by atoms with van der Waals surface area (Å²) >= 11 is 6.22. The first-order valence-electron chi connectivity index (χ1n) is 12.0. The molecule has 6 rings (SSSR count). The van der Waals surface area contributed by atoms with Gasteiger partial charge in [0.2, 0.25) is 5.91 Å². The fraction of sp³-hybridized carbons (Fsp3) is 0.296. The summed E-state index contributed by atoms with van der Waals surface area (Å²) in [5, 5.41) is 5.14. The average molecular weight is 505 g/mol. The zero-order valence-electron chi connectivity index (χ0n) is 19.6. The third-order valence-corrected chi connectivity index (χ3v) is 7.01. The molecule has 0 aliphatic carbocycles. The Labute approximate surface area is 212 Å². The number of furan rings is 1. The van der Waals surface area contributed by atoms with Crippen LogP contribution in [0, 0.1) is 0 Å². The third kappa shape index (κ3) is 4.32. The Morgan fingerprint density at radius 1 is 1.08 bits per heavy atom. The second-order valence-electron chi connectivity index (χ2n) is 9.13. The number of morpholine rings is 1. The first kappa shape index (κ1) is 23.0. The van der Waals surface area contributed by atoms with Crippen LogP contribution in [0.3, 0.4) is 0 Å². The standard InChI is InChI=1S/C27H25ClN4O4/c28-18-13-17-6-10-36-26(17)23(14-18)30-24(33)16-31-7-5-22-20(15-31)25(19-3-1-2-4-21(19)29-22)27(34)32-8-11-35-12-9-32/h1-4,6,10,13-14H,5,7-9,11-12,15-16H2,(H,30,33). The monoisotopic (exact) mass is 504 g/mol. The summed E-state index contributed by atoms with van der Waals surface area (Å²) in [6, 6.07) is 13.1. The molecule has 1 saturated heterocycles. The highest BCUT2D eigenvalue weighted by Crippen LogP contribution is 2.31. The lowest BCUT2D eigenvalue weighted by Crippen LogP contribution is -2.42. The van der Waals surface area contributed by atoms with Gasteiger partial charge in [-0.05, 0) is 24.3 Å². The molecule has 4 aromatic rings. The van der Waals surface area contributed by atoms with E-state index in [0.29, 0.717) is 67.7 Å². The molecule has 2 amide bonds. The van der Waals surface area contributed by atoms with E-state index in [1.807, 2.05) is 40.1 Å². The summed E-state index contributed by atoms with van der Waals surface area (Å²) < 4.78 is 11.0. The Morgan fingerprint density at radius 2 is 1.92 bits per heavy atom. The Morgan fingerprint density at radius 3 is 2.78 bits per heavy atom. The Bertz CT molecular complexity index is 1480. The molecule has 8 nitrogen and oxygen atoms in total. The van der Waals surface area contributed by atoms with Gasteiger partial charge in [0.1, 0.15) is 0 Å². The molecule has 36 heavy (non-hydrogen) atoms. The minimum Gasteiger partial charge on any atom is -0.462 e. The largest absolute Gasteiger partial charge is 0.462 e. The van der Waals surface area contributed by atoms with Crippen LogP contribution in [0.25, 0.3) is 21.9 Å². The topological polar surface area (TPSA) is 87.9 Å². The molecule has 9 heteroatoms. The molecule has 1 N–H and O–H groups in total. The number of anilines is 1. The number of nitrogens with zero attached hydrogens (tertiary/aromatic N) is 3. The molecular weight excluding hydrogens is 480 g/mol.